The summed E-state index contributed by atoms with van der Waals surface area (Å²) >= 11 is 0. The van der Waals surface area contributed by atoms with Gasteiger partial charge in [-0.3, -0.25) is 9.78 Å². The van der Waals surface area contributed by atoms with Gasteiger partial charge in [0.25, 0.3) is 0 Å². The minimum absolute atomic E-state index is 0.00894. The number of unbranched alkanes of at least 4 members (excludes halogenated alkanes) is 1. The predicted octanol–water partition coefficient (Wildman–Crippen LogP) is 4.54. The summed E-state index contributed by atoms with van der Waals surface area (Å²) in [5, 5.41) is 14.0. The van der Waals surface area contributed by atoms with E-state index in [0.29, 0.717) is 25.0 Å². The minimum Gasteiger partial charge on any atom is -0.481 e. The van der Waals surface area contributed by atoms with Gasteiger partial charge in [0.1, 0.15) is 0 Å². The molecule has 0 bridgehead atoms. The summed E-state index contributed by atoms with van der Waals surface area (Å²) in [7, 11) is -3.74. The van der Waals surface area contributed by atoms with Crippen molar-refractivity contribution in [1.29, 1.82) is 0 Å². The molecule has 0 aliphatic carbocycles. The Balaban J connectivity index is 1.83. The molecule has 4 rings (SSSR count). The Kier molecular flexibility index (Phi) is 7.81. The molecule has 1 aromatic carbocycles. The van der Waals surface area contributed by atoms with Crippen molar-refractivity contribution in [3.05, 3.63) is 83.4 Å². The summed E-state index contributed by atoms with van der Waals surface area (Å²) < 4.78 is 30.5. The Morgan fingerprint density at radius 2 is 1.86 bits per heavy atom. The maximum Gasteiger partial charge on any atom is 0.303 e. The van der Waals surface area contributed by atoms with E-state index in [1.165, 1.54) is 0 Å². The highest BCUT2D eigenvalue weighted by atomic mass is 32.2. The lowest BCUT2D eigenvalue weighted by atomic mass is 9.94. The second kappa shape index (κ2) is 11.0. The van der Waals surface area contributed by atoms with Crippen LogP contribution in [0.3, 0.4) is 0 Å². The third-order valence-corrected chi connectivity index (χ3v) is 7.55. The Labute approximate surface area is 211 Å². The predicted molar refractivity (Wildman–Crippen MR) is 138 cm³/mol. The summed E-state index contributed by atoms with van der Waals surface area (Å²) in [5.41, 5.74) is 6.32. The average Bonchev–Trinajstić information content (AvgIpc) is 3.28. The zero-order valence-corrected chi connectivity index (χ0v) is 21.3. The molecule has 3 heterocycles. The molecule has 9 heteroatoms. The second-order valence-electron chi connectivity index (χ2n) is 8.76. The largest absolute Gasteiger partial charge is 0.481 e. The third kappa shape index (κ3) is 5.63. The molecule has 0 aliphatic heterocycles. The maximum atomic E-state index is 13.0. The number of aliphatic carboxylic acids is 1. The van der Waals surface area contributed by atoms with Crippen LogP contribution in [0.25, 0.3) is 16.6 Å². The Hall–Kier alpha value is -3.56. The van der Waals surface area contributed by atoms with Crippen molar-refractivity contribution in [2.75, 3.05) is 0 Å². The van der Waals surface area contributed by atoms with Crippen molar-refractivity contribution in [1.82, 2.24) is 19.3 Å². The number of carboxylic acid groups (broad SMARTS) is 1. The zero-order valence-electron chi connectivity index (χ0n) is 20.4. The first-order valence-corrected chi connectivity index (χ1v) is 13.5. The van der Waals surface area contributed by atoms with E-state index in [4.69, 9.17) is 10.2 Å². The van der Waals surface area contributed by atoms with Crippen LogP contribution in [0.15, 0.2) is 65.8 Å². The summed E-state index contributed by atoms with van der Waals surface area (Å²) in [6.45, 7) is 4.04. The molecule has 0 amide bonds. The Bertz CT molecular complexity index is 1480. The van der Waals surface area contributed by atoms with Gasteiger partial charge >= 0.3 is 5.97 Å². The second-order valence-corrected chi connectivity index (χ2v) is 10.5. The van der Waals surface area contributed by atoms with Crippen LogP contribution in [0.1, 0.15) is 48.7 Å². The average molecular weight is 507 g/mol. The normalized spacial score (nSPS) is 11.7. The van der Waals surface area contributed by atoms with Crippen molar-refractivity contribution in [3.8, 4) is 11.1 Å². The molecule has 0 radical (unpaired) electrons. The van der Waals surface area contributed by atoms with Gasteiger partial charge in [0, 0.05) is 35.6 Å². The molecular weight excluding hydrogens is 476 g/mol. The van der Waals surface area contributed by atoms with Gasteiger partial charge in [-0.25, -0.2) is 17.7 Å². The van der Waals surface area contributed by atoms with Gasteiger partial charge in [-0.15, -0.1) is 0 Å². The number of nitrogens with one attached hydrogen (secondary N) is 1. The van der Waals surface area contributed by atoms with Gasteiger partial charge in [0.15, 0.2) is 0 Å². The lowest BCUT2D eigenvalue weighted by molar-refractivity contribution is -0.137. The fraction of sp³-hybridized carbons (Fsp3) is 0.296. The smallest absolute Gasteiger partial charge is 0.303 e. The van der Waals surface area contributed by atoms with Crippen molar-refractivity contribution in [2.24, 2.45) is 0 Å². The summed E-state index contributed by atoms with van der Waals surface area (Å²) in [6.07, 6.45) is 6.16. The molecular formula is C27H30N4O4S. The molecule has 188 valence electrons. The van der Waals surface area contributed by atoms with Crippen LogP contribution >= 0.6 is 0 Å². The highest BCUT2D eigenvalue weighted by Gasteiger charge is 2.21. The zero-order chi connectivity index (χ0) is 25.7. The number of hydrogen-bond donors (Lipinski definition) is 2. The Morgan fingerprint density at radius 3 is 2.56 bits per heavy atom. The summed E-state index contributed by atoms with van der Waals surface area (Å²) in [5.74, 6) is -0.832. The number of carboxylic acids is 1. The van der Waals surface area contributed by atoms with Crippen LogP contribution in [0.2, 0.25) is 0 Å². The minimum atomic E-state index is -3.74. The van der Waals surface area contributed by atoms with E-state index < -0.39 is 16.0 Å². The fourth-order valence-electron chi connectivity index (χ4n) is 4.38. The van der Waals surface area contributed by atoms with E-state index in [9.17, 15) is 13.2 Å². The first kappa shape index (κ1) is 25.5. The number of hydrogen-bond acceptors (Lipinski definition) is 5. The first-order chi connectivity index (χ1) is 17.3. The van der Waals surface area contributed by atoms with Crippen LogP contribution in [0.4, 0.5) is 0 Å². The van der Waals surface area contributed by atoms with Crippen LogP contribution < -0.4 is 4.72 Å². The highest BCUT2D eigenvalue weighted by molar-refractivity contribution is 7.89. The first-order valence-electron chi connectivity index (χ1n) is 12.0. The number of rotatable bonds is 11. The number of aryl methyl sites for hydroxylation is 2. The third-order valence-electron chi connectivity index (χ3n) is 6.14. The lowest BCUT2D eigenvalue weighted by Crippen LogP contribution is -2.25. The molecule has 8 nitrogen and oxygen atoms in total. The van der Waals surface area contributed by atoms with E-state index in [1.54, 1.807) is 42.7 Å². The SMILES string of the molecule is CCc1ccc2c(-c3cncc(C)c3)c(CCCCC(=O)O)c(CNS(=O)(=O)c3ccccc3)nn12. The summed E-state index contributed by atoms with van der Waals surface area (Å²) in [4.78, 5) is 15.6. The molecule has 0 unspecified atom stereocenters. The van der Waals surface area contributed by atoms with Crippen LogP contribution in [0, 0.1) is 6.92 Å². The van der Waals surface area contributed by atoms with Gasteiger partial charge in [0.05, 0.1) is 22.7 Å². The van der Waals surface area contributed by atoms with Crippen molar-refractivity contribution in [3.63, 3.8) is 0 Å². The van der Waals surface area contributed by atoms with E-state index in [2.05, 4.69) is 22.7 Å². The molecule has 0 fully saturated rings. The van der Waals surface area contributed by atoms with Gasteiger partial charge < -0.3 is 5.11 Å². The molecule has 2 N–H and O–H groups in total. The van der Waals surface area contributed by atoms with E-state index >= 15 is 0 Å². The van der Waals surface area contributed by atoms with Gasteiger partial charge in [-0.2, -0.15) is 5.10 Å². The number of pyridine rings is 1. The van der Waals surface area contributed by atoms with Crippen LogP contribution in [0.5, 0.6) is 0 Å². The van der Waals surface area contributed by atoms with Gasteiger partial charge in [0.2, 0.25) is 10.0 Å². The van der Waals surface area contributed by atoms with Crippen LogP contribution in [-0.2, 0) is 34.2 Å². The molecule has 0 spiro atoms. The van der Waals surface area contributed by atoms with Crippen LogP contribution in [-0.4, -0.2) is 34.1 Å². The topological polar surface area (TPSA) is 114 Å². The van der Waals surface area contributed by atoms with Crippen molar-refractivity contribution < 1.29 is 18.3 Å². The molecule has 36 heavy (non-hydrogen) atoms. The van der Waals surface area contributed by atoms with Gasteiger partial charge in [-0.1, -0.05) is 25.1 Å². The number of carbonyl (C=O) groups is 1. The monoisotopic (exact) mass is 506 g/mol. The standard InChI is InChI=1S/C27H30N4O4S/c1-3-21-13-14-25-27(20-15-19(2)16-28-17-20)23(11-7-8-12-26(32)33)24(30-31(21)25)18-29-36(34,35)22-9-5-4-6-10-22/h4-6,9-10,13-17,29H,3,7-8,11-12,18H2,1-2H3,(H,32,33). The number of aromatic nitrogens is 3. The fourth-order valence-corrected chi connectivity index (χ4v) is 5.38. The number of sulfonamides is 1. The van der Waals surface area contributed by atoms with E-state index in [1.807, 2.05) is 23.6 Å². The quantitative estimate of drug-likeness (QED) is 0.289. The number of fused-ring (bicyclic) bond motifs is 1. The number of nitrogens with zero attached hydrogens (tertiary/aromatic N) is 3. The van der Waals surface area contributed by atoms with E-state index in [0.717, 1.165) is 39.9 Å². The van der Waals surface area contributed by atoms with E-state index in [-0.39, 0.29) is 17.9 Å². The molecule has 0 saturated carbocycles. The Morgan fingerprint density at radius 1 is 1.08 bits per heavy atom. The summed E-state index contributed by atoms with van der Waals surface area (Å²) in [6, 6.07) is 14.4. The molecule has 0 saturated heterocycles. The van der Waals surface area contributed by atoms with Crippen molar-refractivity contribution >= 4 is 21.5 Å². The molecule has 0 atom stereocenters. The molecule has 3 aromatic heterocycles. The maximum absolute atomic E-state index is 13.0. The lowest BCUT2D eigenvalue weighted by Gasteiger charge is -2.18. The molecule has 0 aliphatic rings. The molecule has 4 aromatic rings. The van der Waals surface area contributed by atoms with Gasteiger partial charge in [-0.05, 0) is 74.1 Å². The highest BCUT2D eigenvalue weighted by Crippen LogP contribution is 2.33. The number of benzene rings is 1. The van der Waals surface area contributed by atoms with Crippen molar-refractivity contribution in [2.45, 2.75) is 57.4 Å².